The van der Waals surface area contributed by atoms with Crippen molar-refractivity contribution in [2.24, 2.45) is 7.05 Å². The van der Waals surface area contributed by atoms with E-state index in [1.165, 1.54) is 11.9 Å². The van der Waals surface area contributed by atoms with Gasteiger partial charge in [-0.15, -0.1) is 0 Å². The molecule has 150 valence electrons. The average molecular weight is 392 g/mol. The molecule has 1 aromatic heterocycles. The van der Waals surface area contributed by atoms with E-state index in [4.69, 9.17) is 0 Å². The van der Waals surface area contributed by atoms with Gasteiger partial charge in [0, 0.05) is 24.7 Å². The van der Waals surface area contributed by atoms with Crippen molar-refractivity contribution in [1.82, 2.24) is 14.7 Å². The molecular formula is C22H24N4O3. The Morgan fingerprint density at radius 1 is 1.07 bits per heavy atom. The fraction of sp³-hybridized carbons (Fsp3) is 0.273. The van der Waals surface area contributed by atoms with Gasteiger partial charge >= 0.3 is 0 Å². The topological polar surface area (TPSA) is 84.3 Å². The van der Waals surface area contributed by atoms with Crippen LogP contribution in [-0.4, -0.2) is 39.6 Å². The molecule has 29 heavy (non-hydrogen) atoms. The van der Waals surface area contributed by atoms with Gasteiger partial charge in [0.25, 0.3) is 11.5 Å². The lowest BCUT2D eigenvalue weighted by Gasteiger charge is -2.22. The van der Waals surface area contributed by atoms with Gasteiger partial charge in [-0.25, -0.2) is 4.68 Å². The molecule has 0 radical (unpaired) electrons. The van der Waals surface area contributed by atoms with E-state index in [1.807, 2.05) is 38.1 Å². The van der Waals surface area contributed by atoms with Gasteiger partial charge in [0.2, 0.25) is 5.91 Å². The van der Waals surface area contributed by atoms with Crippen LogP contribution in [0.25, 0.3) is 10.8 Å². The Balaban J connectivity index is 1.90. The van der Waals surface area contributed by atoms with Crippen molar-refractivity contribution in [3.63, 3.8) is 0 Å². The lowest BCUT2D eigenvalue weighted by molar-refractivity contribution is -0.116. The van der Waals surface area contributed by atoms with E-state index in [9.17, 15) is 14.4 Å². The van der Waals surface area contributed by atoms with Crippen molar-refractivity contribution in [2.75, 3.05) is 18.4 Å². The van der Waals surface area contributed by atoms with Crippen LogP contribution in [0.5, 0.6) is 0 Å². The van der Waals surface area contributed by atoms with Crippen LogP contribution in [0.3, 0.4) is 0 Å². The predicted octanol–water partition coefficient (Wildman–Crippen LogP) is 2.73. The van der Waals surface area contributed by atoms with Crippen LogP contribution >= 0.6 is 0 Å². The molecule has 0 atom stereocenters. The number of aryl methyl sites for hydroxylation is 2. The predicted molar refractivity (Wildman–Crippen MR) is 113 cm³/mol. The summed E-state index contributed by atoms with van der Waals surface area (Å²) in [5, 5.41) is 7.96. The van der Waals surface area contributed by atoms with Gasteiger partial charge in [0.05, 0.1) is 5.39 Å². The molecule has 7 heteroatoms. The molecule has 0 aliphatic rings. The molecule has 3 aromatic rings. The fourth-order valence-electron chi connectivity index (χ4n) is 3.21. The summed E-state index contributed by atoms with van der Waals surface area (Å²) in [7, 11) is 1.51. The fourth-order valence-corrected chi connectivity index (χ4v) is 3.21. The molecule has 2 aromatic carbocycles. The third kappa shape index (κ3) is 4.34. The zero-order chi connectivity index (χ0) is 21.0. The summed E-state index contributed by atoms with van der Waals surface area (Å²) in [6.45, 7) is 4.15. The van der Waals surface area contributed by atoms with Crippen molar-refractivity contribution >= 4 is 28.3 Å². The lowest BCUT2D eigenvalue weighted by atomic mass is 10.1. The number of aromatic nitrogens is 2. The second kappa shape index (κ2) is 8.68. The second-order valence-electron chi connectivity index (χ2n) is 6.91. The Kier molecular flexibility index (Phi) is 6.07. The number of hydrogen-bond donors (Lipinski definition) is 1. The summed E-state index contributed by atoms with van der Waals surface area (Å²) in [5.41, 5.74) is 1.56. The van der Waals surface area contributed by atoms with Crippen molar-refractivity contribution < 1.29 is 9.59 Å². The number of rotatable bonds is 6. The quantitative estimate of drug-likeness (QED) is 0.699. The van der Waals surface area contributed by atoms with Crippen molar-refractivity contribution in [1.29, 1.82) is 0 Å². The summed E-state index contributed by atoms with van der Waals surface area (Å²) in [6, 6.07) is 14.4. The summed E-state index contributed by atoms with van der Waals surface area (Å²) < 4.78 is 1.16. The number of benzene rings is 2. The number of anilines is 1. The third-order valence-electron chi connectivity index (χ3n) is 4.69. The largest absolute Gasteiger partial charge is 0.328 e. The van der Waals surface area contributed by atoms with Crippen LogP contribution in [0, 0.1) is 6.92 Å². The molecule has 1 N–H and O–H groups in total. The molecular weight excluding hydrogens is 368 g/mol. The first-order chi connectivity index (χ1) is 13.9. The van der Waals surface area contributed by atoms with Crippen LogP contribution in [0.15, 0.2) is 53.3 Å². The molecule has 7 nitrogen and oxygen atoms in total. The standard InChI is InChI=1S/C22H24N4O3/c1-4-13-26(14-19(27)23-18-12-8-5-9-15(18)2)22(29)20-16-10-6-7-11-17(16)21(28)25(3)24-20/h5-12H,4,13-14H2,1-3H3,(H,23,27). The van der Waals surface area contributed by atoms with E-state index >= 15 is 0 Å². The normalized spacial score (nSPS) is 10.7. The van der Waals surface area contributed by atoms with Crippen LogP contribution in [-0.2, 0) is 11.8 Å². The van der Waals surface area contributed by atoms with Crippen LogP contribution in [0.2, 0.25) is 0 Å². The number of para-hydroxylation sites is 1. The monoisotopic (exact) mass is 392 g/mol. The molecule has 0 spiro atoms. The molecule has 0 aliphatic carbocycles. The van der Waals surface area contributed by atoms with Crippen molar-refractivity contribution in [2.45, 2.75) is 20.3 Å². The molecule has 3 rings (SSSR count). The first-order valence-electron chi connectivity index (χ1n) is 9.53. The van der Waals surface area contributed by atoms with E-state index in [2.05, 4.69) is 10.4 Å². The maximum Gasteiger partial charge on any atom is 0.275 e. The highest BCUT2D eigenvalue weighted by Crippen LogP contribution is 2.16. The van der Waals surface area contributed by atoms with E-state index in [0.29, 0.717) is 29.4 Å². The van der Waals surface area contributed by atoms with Crippen molar-refractivity contribution in [3.8, 4) is 0 Å². The summed E-state index contributed by atoms with van der Waals surface area (Å²) in [6.07, 6.45) is 0.688. The molecule has 0 saturated carbocycles. The maximum atomic E-state index is 13.2. The van der Waals surface area contributed by atoms with Crippen molar-refractivity contribution in [3.05, 3.63) is 70.1 Å². The molecule has 0 fully saturated rings. The highest BCUT2D eigenvalue weighted by molar-refractivity contribution is 6.06. The van der Waals surface area contributed by atoms with Gasteiger partial charge in [0.15, 0.2) is 5.69 Å². The highest BCUT2D eigenvalue weighted by Gasteiger charge is 2.23. The number of nitrogens with zero attached hydrogens (tertiary/aromatic N) is 3. The Morgan fingerprint density at radius 2 is 1.72 bits per heavy atom. The van der Waals surface area contributed by atoms with Crippen LogP contribution in [0.1, 0.15) is 29.4 Å². The molecule has 2 amide bonds. The summed E-state index contributed by atoms with van der Waals surface area (Å²) >= 11 is 0. The maximum absolute atomic E-state index is 13.2. The zero-order valence-electron chi connectivity index (χ0n) is 16.8. The van der Waals surface area contributed by atoms with Gasteiger partial charge in [-0.3, -0.25) is 14.4 Å². The number of hydrogen-bond acceptors (Lipinski definition) is 4. The number of fused-ring (bicyclic) bond motifs is 1. The Morgan fingerprint density at radius 3 is 2.41 bits per heavy atom. The Bertz CT molecular complexity index is 1120. The van der Waals surface area contributed by atoms with Gasteiger partial charge in [0.1, 0.15) is 6.54 Å². The Labute approximate surface area is 169 Å². The molecule has 0 unspecified atom stereocenters. The number of carbonyl (C=O) groups excluding carboxylic acids is 2. The SMILES string of the molecule is CCCN(CC(=O)Nc1ccccc1C)C(=O)c1nn(C)c(=O)c2ccccc12. The minimum Gasteiger partial charge on any atom is -0.328 e. The minimum atomic E-state index is -0.376. The van der Waals surface area contributed by atoms with E-state index < -0.39 is 0 Å². The average Bonchev–Trinajstić information content (AvgIpc) is 2.71. The van der Waals surface area contributed by atoms with E-state index in [-0.39, 0.29) is 29.6 Å². The van der Waals surface area contributed by atoms with E-state index in [1.54, 1.807) is 24.3 Å². The van der Waals surface area contributed by atoms with Crippen LogP contribution in [0.4, 0.5) is 5.69 Å². The third-order valence-corrected chi connectivity index (χ3v) is 4.69. The lowest BCUT2D eigenvalue weighted by Crippen LogP contribution is -2.40. The van der Waals surface area contributed by atoms with Gasteiger partial charge in [-0.05, 0) is 31.0 Å². The highest BCUT2D eigenvalue weighted by atomic mass is 16.2. The first-order valence-corrected chi connectivity index (χ1v) is 9.53. The number of amides is 2. The second-order valence-corrected chi connectivity index (χ2v) is 6.91. The van der Waals surface area contributed by atoms with Gasteiger partial charge in [-0.1, -0.05) is 43.3 Å². The smallest absolute Gasteiger partial charge is 0.275 e. The molecule has 1 heterocycles. The first kappa shape index (κ1) is 20.3. The number of carbonyl (C=O) groups is 2. The summed E-state index contributed by atoms with van der Waals surface area (Å²) in [4.78, 5) is 39.6. The summed E-state index contributed by atoms with van der Waals surface area (Å²) in [5.74, 6) is -0.659. The Hall–Kier alpha value is -3.48. The van der Waals surface area contributed by atoms with E-state index in [0.717, 1.165) is 10.2 Å². The molecule has 0 aliphatic heterocycles. The number of nitrogens with one attached hydrogen (secondary N) is 1. The van der Waals surface area contributed by atoms with Gasteiger partial charge < -0.3 is 10.2 Å². The minimum absolute atomic E-state index is 0.0974. The van der Waals surface area contributed by atoms with Gasteiger partial charge in [-0.2, -0.15) is 5.10 Å². The molecule has 0 saturated heterocycles. The van der Waals surface area contributed by atoms with Crippen LogP contribution < -0.4 is 10.9 Å². The zero-order valence-corrected chi connectivity index (χ0v) is 16.8. The molecule has 0 bridgehead atoms.